The molecule has 1 fully saturated rings. The zero-order valence-electron chi connectivity index (χ0n) is 18.2. The summed E-state index contributed by atoms with van der Waals surface area (Å²) in [6.07, 6.45) is 3.03. The van der Waals surface area contributed by atoms with Crippen molar-refractivity contribution < 1.29 is 9.47 Å². The number of imidazole rings is 1. The molecule has 160 valence electrons. The maximum Gasteiger partial charge on any atom is 0.159 e. The summed E-state index contributed by atoms with van der Waals surface area (Å²) in [7, 11) is 3.38. The van der Waals surface area contributed by atoms with Crippen LogP contribution in [0.2, 0.25) is 0 Å². The van der Waals surface area contributed by atoms with E-state index < -0.39 is 0 Å². The van der Waals surface area contributed by atoms with E-state index in [0.29, 0.717) is 28.5 Å². The molecule has 2 N–H and O–H groups in total. The second-order valence-corrected chi connectivity index (χ2v) is 7.72. The SMILES string of the molecule is COc1cc(-c2cc(N)nc(-n3cc(C)nc3C)c2C#N)cc(N2CCC(OC)C2)c1. The average Bonchev–Trinajstić information content (AvgIpc) is 3.38. The quantitative estimate of drug-likeness (QED) is 0.678. The van der Waals surface area contributed by atoms with Gasteiger partial charge in [0.2, 0.25) is 0 Å². The fraction of sp³-hybridized carbons (Fsp3) is 0.348. The molecule has 8 nitrogen and oxygen atoms in total. The molecule has 4 rings (SSSR count). The fourth-order valence-electron chi connectivity index (χ4n) is 4.09. The molecular formula is C23H26N6O2. The van der Waals surface area contributed by atoms with Crippen molar-refractivity contribution in [1.29, 1.82) is 5.26 Å². The smallest absolute Gasteiger partial charge is 0.159 e. The van der Waals surface area contributed by atoms with Crippen LogP contribution in [-0.2, 0) is 4.74 Å². The lowest BCUT2D eigenvalue weighted by molar-refractivity contribution is 0.121. The minimum absolute atomic E-state index is 0.208. The zero-order chi connectivity index (χ0) is 22.1. The summed E-state index contributed by atoms with van der Waals surface area (Å²) in [5, 5.41) is 10.1. The second-order valence-electron chi connectivity index (χ2n) is 7.72. The Morgan fingerprint density at radius 3 is 2.58 bits per heavy atom. The van der Waals surface area contributed by atoms with Crippen molar-refractivity contribution in [3.05, 3.63) is 47.5 Å². The number of rotatable bonds is 5. The Morgan fingerprint density at radius 2 is 1.97 bits per heavy atom. The lowest BCUT2D eigenvalue weighted by Crippen LogP contribution is -2.22. The van der Waals surface area contributed by atoms with Gasteiger partial charge in [-0.1, -0.05) is 0 Å². The summed E-state index contributed by atoms with van der Waals surface area (Å²) in [4.78, 5) is 11.2. The van der Waals surface area contributed by atoms with Crippen molar-refractivity contribution in [2.24, 2.45) is 0 Å². The zero-order valence-corrected chi connectivity index (χ0v) is 18.2. The summed E-state index contributed by atoms with van der Waals surface area (Å²) < 4.78 is 12.9. The lowest BCUT2D eigenvalue weighted by atomic mass is 9.99. The normalized spacial score (nSPS) is 15.8. The number of nitrogens with zero attached hydrogens (tertiary/aromatic N) is 5. The Hall–Kier alpha value is -3.57. The number of methoxy groups -OCH3 is 2. The maximum atomic E-state index is 10.1. The van der Waals surface area contributed by atoms with E-state index >= 15 is 0 Å². The van der Waals surface area contributed by atoms with Crippen LogP contribution in [0.1, 0.15) is 23.5 Å². The molecule has 0 saturated carbocycles. The molecule has 3 heterocycles. The molecule has 0 aliphatic carbocycles. The summed E-state index contributed by atoms with van der Waals surface area (Å²) in [6.45, 7) is 5.49. The Morgan fingerprint density at radius 1 is 1.16 bits per heavy atom. The van der Waals surface area contributed by atoms with Gasteiger partial charge in [-0.05, 0) is 44.0 Å². The molecule has 1 unspecified atom stereocenters. The molecule has 2 aromatic heterocycles. The number of anilines is 2. The molecular weight excluding hydrogens is 392 g/mol. The van der Waals surface area contributed by atoms with Crippen LogP contribution in [0.4, 0.5) is 11.5 Å². The summed E-state index contributed by atoms with van der Waals surface area (Å²) >= 11 is 0. The van der Waals surface area contributed by atoms with Crippen molar-refractivity contribution in [2.45, 2.75) is 26.4 Å². The highest BCUT2D eigenvalue weighted by atomic mass is 16.5. The van der Waals surface area contributed by atoms with Gasteiger partial charge in [-0.15, -0.1) is 0 Å². The van der Waals surface area contributed by atoms with E-state index in [2.05, 4.69) is 27.0 Å². The second kappa shape index (κ2) is 8.28. The first-order valence-corrected chi connectivity index (χ1v) is 10.1. The van der Waals surface area contributed by atoms with Gasteiger partial charge in [-0.25, -0.2) is 9.97 Å². The van der Waals surface area contributed by atoms with Crippen molar-refractivity contribution in [3.8, 4) is 28.8 Å². The van der Waals surface area contributed by atoms with E-state index in [-0.39, 0.29) is 6.10 Å². The number of nitrogen functional groups attached to an aromatic ring is 1. The van der Waals surface area contributed by atoms with Gasteiger partial charge in [-0.2, -0.15) is 5.26 Å². The predicted molar refractivity (Wildman–Crippen MR) is 120 cm³/mol. The highest BCUT2D eigenvalue weighted by Crippen LogP contribution is 2.36. The first-order chi connectivity index (χ1) is 14.9. The van der Waals surface area contributed by atoms with Crippen LogP contribution in [0.25, 0.3) is 16.9 Å². The third-order valence-electron chi connectivity index (χ3n) is 5.64. The van der Waals surface area contributed by atoms with Gasteiger partial charge in [0.15, 0.2) is 5.82 Å². The van der Waals surface area contributed by atoms with Crippen LogP contribution in [0, 0.1) is 25.2 Å². The van der Waals surface area contributed by atoms with Crippen molar-refractivity contribution >= 4 is 11.5 Å². The van der Waals surface area contributed by atoms with Crippen molar-refractivity contribution in [3.63, 3.8) is 0 Å². The van der Waals surface area contributed by atoms with E-state index in [4.69, 9.17) is 15.2 Å². The minimum atomic E-state index is 0.208. The molecule has 0 spiro atoms. The highest BCUT2D eigenvalue weighted by Gasteiger charge is 2.24. The Labute approximate surface area is 181 Å². The number of ether oxygens (including phenoxy) is 2. The van der Waals surface area contributed by atoms with Crippen LogP contribution in [0.3, 0.4) is 0 Å². The third kappa shape index (κ3) is 3.92. The van der Waals surface area contributed by atoms with Crippen molar-refractivity contribution in [2.75, 3.05) is 37.9 Å². The average molecular weight is 419 g/mol. The van der Waals surface area contributed by atoms with Gasteiger partial charge in [0.1, 0.15) is 29.0 Å². The molecule has 8 heteroatoms. The van der Waals surface area contributed by atoms with Crippen molar-refractivity contribution in [1.82, 2.24) is 14.5 Å². The molecule has 1 saturated heterocycles. The largest absolute Gasteiger partial charge is 0.497 e. The van der Waals surface area contributed by atoms with E-state index in [9.17, 15) is 5.26 Å². The summed E-state index contributed by atoms with van der Waals surface area (Å²) in [5.74, 6) is 2.26. The van der Waals surface area contributed by atoms with Gasteiger partial charge >= 0.3 is 0 Å². The molecule has 1 atom stereocenters. The molecule has 31 heavy (non-hydrogen) atoms. The van der Waals surface area contributed by atoms with Crippen LogP contribution in [-0.4, -0.2) is 47.9 Å². The summed E-state index contributed by atoms with van der Waals surface area (Å²) in [6, 6.07) is 10.0. The molecule has 1 aliphatic rings. The monoisotopic (exact) mass is 418 g/mol. The molecule has 3 aromatic rings. The van der Waals surface area contributed by atoms with E-state index in [1.807, 2.05) is 32.2 Å². The Bertz CT molecular complexity index is 1160. The number of aryl methyl sites for hydroxylation is 2. The van der Waals surface area contributed by atoms with Gasteiger partial charge < -0.3 is 20.1 Å². The van der Waals surface area contributed by atoms with Gasteiger partial charge in [-0.3, -0.25) is 4.57 Å². The fourth-order valence-corrected chi connectivity index (χ4v) is 4.09. The Kier molecular flexibility index (Phi) is 5.53. The third-order valence-corrected chi connectivity index (χ3v) is 5.64. The number of nitrogens with two attached hydrogens (primary N) is 1. The van der Waals surface area contributed by atoms with Crippen LogP contribution >= 0.6 is 0 Å². The molecule has 1 aromatic carbocycles. The first-order valence-electron chi connectivity index (χ1n) is 10.1. The number of pyridine rings is 1. The molecule has 0 bridgehead atoms. The topological polar surface area (TPSA) is 102 Å². The first kappa shape index (κ1) is 20.7. The molecule has 1 aliphatic heterocycles. The standard InChI is InChI=1S/C23H26N6O2/c1-14-12-29(15(2)26-14)23-21(11-24)20(10-22(25)27-23)16-7-17(9-19(8-16)31-4)28-6-5-18(13-28)30-3/h7-10,12,18H,5-6,13H2,1-4H3,(H2,25,27). The minimum Gasteiger partial charge on any atom is -0.497 e. The van der Waals surface area contributed by atoms with E-state index in [0.717, 1.165) is 42.3 Å². The van der Waals surface area contributed by atoms with Crippen LogP contribution in [0.5, 0.6) is 5.75 Å². The van der Waals surface area contributed by atoms with Gasteiger partial charge in [0, 0.05) is 43.7 Å². The number of aromatic nitrogens is 3. The number of hydrogen-bond donors (Lipinski definition) is 1. The van der Waals surface area contributed by atoms with Gasteiger partial charge in [0.05, 0.1) is 18.9 Å². The predicted octanol–water partition coefficient (Wildman–Crippen LogP) is 3.24. The van der Waals surface area contributed by atoms with E-state index in [1.54, 1.807) is 24.9 Å². The Balaban J connectivity index is 1.87. The number of hydrogen-bond acceptors (Lipinski definition) is 7. The molecule has 0 radical (unpaired) electrons. The maximum absolute atomic E-state index is 10.1. The van der Waals surface area contributed by atoms with Gasteiger partial charge in [0.25, 0.3) is 0 Å². The van der Waals surface area contributed by atoms with Crippen LogP contribution in [0.15, 0.2) is 30.5 Å². The van der Waals surface area contributed by atoms with E-state index in [1.165, 1.54) is 0 Å². The highest BCUT2D eigenvalue weighted by molar-refractivity contribution is 5.79. The number of benzene rings is 1. The molecule has 0 amide bonds. The van der Waals surface area contributed by atoms with Crippen LogP contribution < -0.4 is 15.4 Å². The lowest BCUT2D eigenvalue weighted by Gasteiger charge is -2.21. The number of nitriles is 1. The summed E-state index contributed by atoms with van der Waals surface area (Å²) in [5.41, 5.74) is 10.0.